The molecule has 1 amide bonds. The largest absolute Gasteiger partial charge is 0.364 e. The van der Waals surface area contributed by atoms with Gasteiger partial charge in [-0.25, -0.2) is 9.97 Å². The minimum Gasteiger partial charge on any atom is -0.364 e. The van der Waals surface area contributed by atoms with Crippen LogP contribution in [-0.4, -0.2) is 35.5 Å². The molecular formula is C30H23N7O. The minimum absolute atomic E-state index is 0.122. The van der Waals surface area contributed by atoms with Gasteiger partial charge >= 0.3 is 0 Å². The second-order valence-electron chi connectivity index (χ2n) is 9.82. The van der Waals surface area contributed by atoms with Crippen LogP contribution in [0.15, 0.2) is 85.5 Å². The molecule has 0 spiro atoms. The number of pyridine rings is 2. The van der Waals surface area contributed by atoms with Crippen LogP contribution in [0.3, 0.4) is 0 Å². The zero-order valence-electron chi connectivity index (χ0n) is 20.7. The van der Waals surface area contributed by atoms with Gasteiger partial charge in [-0.1, -0.05) is 36.4 Å². The molecule has 8 heteroatoms. The van der Waals surface area contributed by atoms with Crippen molar-refractivity contribution in [1.82, 2.24) is 29.5 Å². The molecule has 4 heterocycles. The summed E-state index contributed by atoms with van der Waals surface area (Å²) in [6.07, 6.45) is 9.23. The predicted octanol–water partition coefficient (Wildman–Crippen LogP) is 4.89. The van der Waals surface area contributed by atoms with Gasteiger partial charge in [0, 0.05) is 34.3 Å². The monoisotopic (exact) mass is 497 g/mol. The van der Waals surface area contributed by atoms with E-state index in [1.165, 1.54) is 5.56 Å². The maximum atomic E-state index is 11.5. The number of hydrogen-bond acceptors (Lipinski definition) is 6. The molecule has 184 valence electrons. The van der Waals surface area contributed by atoms with Gasteiger partial charge in [0.1, 0.15) is 11.4 Å². The first-order valence-electron chi connectivity index (χ1n) is 12.5. The highest BCUT2D eigenvalue weighted by Gasteiger charge is 2.48. The van der Waals surface area contributed by atoms with E-state index in [1.807, 2.05) is 60.2 Å². The molecule has 1 aliphatic rings. The van der Waals surface area contributed by atoms with E-state index in [0.29, 0.717) is 11.5 Å². The minimum atomic E-state index is -0.525. The third kappa shape index (κ3) is 3.53. The Hall–Kier alpha value is -4.98. The highest BCUT2D eigenvalue weighted by molar-refractivity contribution is 5.92. The first kappa shape index (κ1) is 22.2. The highest BCUT2D eigenvalue weighted by atomic mass is 16.1. The molecule has 1 aliphatic carbocycles. The van der Waals surface area contributed by atoms with Crippen LogP contribution in [0, 0.1) is 6.92 Å². The van der Waals surface area contributed by atoms with Gasteiger partial charge in [0.2, 0.25) is 0 Å². The Bertz CT molecular complexity index is 1870. The molecular weight excluding hydrogens is 474 g/mol. The molecule has 6 aromatic rings. The zero-order chi connectivity index (χ0) is 25.9. The number of carbonyl (C=O) groups is 1. The molecule has 1 fully saturated rings. The SMILES string of the molecule is Cc1cc(-c2ccc(-c3cnc4ncc(C5(c6ccc7ncccc7c6)CC5)n4n3)cc2)cnc1C(N)=O. The number of fused-ring (bicyclic) bond motifs is 2. The number of nitrogens with zero attached hydrogens (tertiary/aromatic N) is 6. The molecule has 1 saturated carbocycles. The molecule has 0 unspecified atom stereocenters. The van der Waals surface area contributed by atoms with Crippen molar-refractivity contribution < 1.29 is 4.79 Å². The van der Waals surface area contributed by atoms with E-state index in [4.69, 9.17) is 10.8 Å². The van der Waals surface area contributed by atoms with Gasteiger partial charge in [-0.3, -0.25) is 14.8 Å². The van der Waals surface area contributed by atoms with E-state index in [2.05, 4.69) is 44.2 Å². The number of rotatable bonds is 5. The summed E-state index contributed by atoms with van der Waals surface area (Å²) in [4.78, 5) is 29.4. The third-order valence-corrected chi connectivity index (χ3v) is 7.45. The lowest BCUT2D eigenvalue weighted by molar-refractivity contribution is 0.0995. The maximum absolute atomic E-state index is 11.5. The third-order valence-electron chi connectivity index (χ3n) is 7.45. The second kappa shape index (κ2) is 8.27. The summed E-state index contributed by atoms with van der Waals surface area (Å²) < 4.78 is 1.89. The Morgan fingerprint density at radius 3 is 2.42 bits per heavy atom. The number of primary amides is 1. The number of imidazole rings is 1. The van der Waals surface area contributed by atoms with Gasteiger partial charge in [0.15, 0.2) is 0 Å². The van der Waals surface area contributed by atoms with Gasteiger partial charge in [-0.15, -0.1) is 0 Å². The van der Waals surface area contributed by atoms with Crippen molar-refractivity contribution in [2.45, 2.75) is 25.2 Å². The maximum Gasteiger partial charge on any atom is 0.267 e. The van der Waals surface area contributed by atoms with E-state index in [9.17, 15) is 4.79 Å². The van der Waals surface area contributed by atoms with Crippen molar-refractivity contribution in [1.29, 1.82) is 0 Å². The lowest BCUT2D eigenvalue weighted by Gasteiger charge is -2.16. The van der Waals surface area contributed by atoms with Crippen LogP contribution in [0.5, 0.6) is 0 Å². The smallest absolute Gasteiger partial charge is 0.267 e. The predicted molar refractivity (Wildman–Crippen MR) is 144 cm³/mol. The van der Waals surface area contributed by atoms with Gasteiger partial charge in [0.25, 0.3) is 11.7 Å². The van der Waals surface area contributed by atoms with Gasteiger partial charge in [-0.2, -0.15) is 9.61 Å². The van der Waals surface area contributed by atoms with Crippen molar-refractivity contribution in [3.05, 3.63) is 108 Å². The molecule has 0 bridgehead atoms. The Kier molecular flexibility index (Phi) is 4.84. The summed E-state index contributed by atoms with van der Waals surface area (Å²) in [5.74, 6) is 0.0630. The number of benzene rings is 2. The molecule has 0 aliphatic heterocycles. The summed E-state index contributed by atoms with van der Waals surface area (Å²) in [6, 6.07) is 20.5. The summed E-state index contributed by atoms with van der Waals surface area (Å²) in [6.45, 7) is 1.83. The molecule has 4 aromatic heterocycles. The van der Waals surface area contributed by atoms with Crippen molar-refractivity contribution in [2.75, 3.05) is 0 Å². The van der Waals surface area contributed by atoms with Crippen LogP contribution >= 0.6 is 0 Å². The van der Waals surface area contributed by atoms with Crippen LogP contribution in [0.25, 0.3) is 39.1 Å². The van der Waals surface area contributed by atoms with Crippen molar-refractivity contribution in [2.24, 2.45) is 5.73 Å². The quantitative estimate of drug-likeness (QED) is 0.363. The number of hydrogen-bond donors (Lipinski definition) is 1. The van der Waals surface area contributed by atoms with Crippen molar-refractivity contribution >= 4 is 22.6 Å². The van der Waals surface area contributed by atoms with Crippen LogP contribution in [0.4, 0.5) is 0 Å². The van der Waals surface area contributed by atoms with Gasteiger partial charge < -0.3 is 5.73 Å². The van der Waals surface area contributed by atoms with Gasteiger partial charge in [-0.05, 0) is 60.7 Å². The molecule has 2 N–H and O–H groups in total. The van der Waals surface area contributed by atoms with E-state index < -0.39 is 5.91 Å². The average molecular weight is 498 g/mol. The summed E-state index contributed by atoms with van der Waals surface area (Å²) in [5, 5.41) is 6.09. The molecule has 0 saturated heterocycles. The summed E-state index contributed by atoms with van der Waals surface area (Å²) in [5.41, 5.74) is 13.2. The van der Waals surface area contributed by atoms with Crippen molar-refractivity contribution in [3.63, 3.8) is 0 Å². The Morgan fingerprint density at radius 2 is 1.66 bits per heavy atom. The lowest BCUT2D eigenvalue weighted by Crippen LogP contribution is -2.14. The molecule has 0 atom stereocenters. The number of aryl methyl sites for hydroxylation is 1. The molecule has 8 nitrogen and oxygen atoms in total. The summed E-state index contributed by atoms with van der Waals surface area (Å²) in [7, 11) is 0. The molecule has 38 heavy (non-hydrogen) atoms. The molecule has 2 aromatic carbocycles. The first-order valence-corrected chi connectivity index (χ1v) is 12.5. The summed E-state index contributed by atoms with van der Waals surface area (Å²) >= 11 is 0. The number of aromatic nitrogens is 6. The highest BCUT2D eigenvalue weighted by Crippen LogP contribution is 2.53. The average Bonchev–Trinajstić information content (AvgIpc) is 3.64. The topological polar surface area (TPSA) is 112 Å². The fraction of sp³-hybridized carbons (Fsp3) is 0.133. The van der Waals surface area contributed by atoms with Crippen molar-refractivity contribution in [3.8, 4) is 22.4 Å². The van der Waals surface area contributed by atoms with E-state index in [0.717, 1.165) is 57.4 Å². The van der Waals surface area contributed by atoms with E-state index in [-0.39, 0.29) is 5.41 Å². The standard InChI is InChI=1S/C30H23N7O/c1-18-13-22(15-33-27(18)28(31)38)19-4-6-20(7-5-19)25-16-34-29-35-17-26(37(29)36-25)30(10-11-30)23-8-9-24-21(14-23)3-2-12-32-24/h2-9,12-17H,10-11H2,1H3,(H2,31,38). The molecule has 0 radical (unpaired) electrons. The fourth-order valence-electron chi connectivity index (χ4n) is 5.25. The number of carbonyl (C=O) groups excluding carboxylic acids is 1. The first-order chi connectivity index (χ1) is 18.5. The van der Waals surface area contributed by atoms with E-state index >= 15 is 0 Å². The van der Waals surface area contributed by atoms with Gasteiger partial charge in [0.05, 0.1) is 23.6 Å². The van der Waals surface area contributed by atoms with E-state index in [1.54, 1.807) is 12.4 Å². The Labute approximate surface area is 218 Å². The Balaban J connectivity index is 1.24. The van der Waals surface area contributed by atoms with Crippen LogP contribution in [0.2, 0.25) is 0 Å². The van der Waals surface area contributed by atoms with Crippen LogP contribution < -0.4 is 5.73 Å². The number of amides is 1. The van der Waals surface area contributed by atoms with Crippen LogP contribution in [0.1, 0.15) is 40.2 Å². The fourth-order valence-corrected chi connectivity index (χ4v) is 5.25. The molecule has 7 rings (SSSR count). The van der Waals surface area contributed by atoms with Crippen LogP contribution in [-0.2, 0) is 5.41 Å². The lowest BCUT2D eigenvalue weighted by atomic mass is 9.91. The zero-order valence-corrected chi connectivity index (χ0v) is 20.7. The number of nitrogens with two attached hydrogens (primary N) is 1. The Morgan fingerprint density at radius 1 is 0.868 bits per heavy atom. The normalized spacial score (nSPS) is 14.1. The second-order valence-corrected chi connectivity index (χ2v) is 9.82.